The van der Waals surface area contributed by atoms with Crippen LogP contribution in [0.1, 0.15) is 11.1 Å². The molecule has 0 unspecified atom stereocenters. The molecule has 2 aromatic rings. The molecule has 1 heterocycles. The number of aromatic nitrogens is 1. The molecule has 0 aliphatic rings. The van der Waals surface area contributed by atoms with Crippen molar-refractivity contribution in [1.29, 1.82) is 0 Å². The SMILES string of the molecule is Cc1cccc(CN(C)c2c(N)cncc2Br)c1. The van der Waals surface area contributed by atoms with Crippen LogP contribution in [0.2, 0.25) is 0 Å². The number of aryl methyl sites for hydroxylation is 1. The molecule has 0 fully saturated rings. The van der Waals surface area contributed by atoms with E-state index in [0.717, 1.165) is 16.7 Å². The third-order valence-electron chi connectivity index (χ3n) is 2.79. The zero-order chi connectivity index (χ0) is 13.1. The summed E-state index contributed by atoms with van der Waals surface area (Å²) >= 11 is 3.49. The molecule has 94 valence electrons. The van der Waals surface area contributed by atoms with Crippen molar-refractivity contribution < 1.29 is 0 Å². The van der Waals surface area contributed by atoms with Crippen LogP contribution in [0, 0.1) is 6.92 Å². The normalized spacial score (nSPS) is 10.4. The topological polar surface area (TPSA) is 42.1 Å². The van der Waals surface area contributed by atoms with Crippen molar-refractivity contribution in [3.05, 3.63) is 52.3 Å². The molecule has 4 heteroatoms. The predicted molar refractivity (Wildman–Crippen MR) is 79.6 cm³/mol. The van der Waals surface area contributed by atoms with Crippen LogP contribution in [-0.2, 0) is 6.54 Å². The van der Waals surface area contributed by atoms with E-state index in [4.69, 9.17) is 5.73 Å². The third kappa shape index (κ3) is 2.82. The molecule has 18 heavy (non-hydrogen) atoms. The van der Waals surface area contributed by atoms with Gasteiger partial charge in [0.2, 0.25) is 0 Å². The lowest BCUT2D eigenvalue weighted by Gasteiger charge is -2.22. The summed E-state index contributed by atoms with van der Waals surface area (Å²) in [4.78, 5) is 6.17. The first-order valence-electron chi connectivity index (χ1n) is 5.73. The predicted octanol–water partition coefficient (Wildman–Crippen LogP) is 3.37. The Morgan fingerprint density at radius 2 is 2.11 bits per heavy atom. The van der Waals surface area contributed by atoms with Crippen LogP contribution in [0.4, 0.5) is 11.4 Å². The summed E-state index contributed by atoms with van der Waals surface area (Å²) < 4.78 is 0.914. The van der Waals surface area contributed by atoms with Gasteiger partial charge in [-0.1, -0.05) is 29.8 Å². The number of rotatable bonds is 3. The fourth-order valence-electron chi connectivity index (χ4n) is 2.01. The number of hydrogen-bond donors (Lipinski definition) is 1. The highest BCUT2D eigenvalue weighted by Gasteiger charge is 2.10. The molecule has 0 aliphatic heterocycles. The van der Waals surface area contributed by atoms with E-state index in [-0.39, 0.29) is 0 Å². The Bertz CT molecular complexity index is 534. The number of nitrogen functional groups attached to an aromatic ring is 1. The van der Waals surface area contributed by atoms with Gasteiger partial charge in [-0.05, 0) is 28.4 Å². The molecule has 0 bridgehead atoms. The summed E-state index contributed by atoms with van der Waals surface area (Å²) in [6.45, 7) is 2.91. The molecule has 0 amide bonds. The molecule has 3 nitrogen and oxygen atoms in total. The van der Waals surface area contributed by atoms with Crippen LogP contribution < -0.4 is 10.6 Å². The number of halogens is 1. The van der Waals surface area contributed by atoms with Crippen LogP contribution >= 0.6 is 15.9 Å². The maximum atomic E-state index is 5.97. The largest absolute Gasteiger partial charge is 0.396 e. The van der Waals surface area contributed by atoms with E-state index in [0.29, 0.717) is 5.69 Å². The monoisotopic (exact) mass is 305 g/mol. The van der Waals surface area contributed by atoms with Crippen molar-refractivity contribution in [1.82, 2.24) is 4.98 Å². The summed E-state index contributed by atoms with van der Waals surface area (Å²) in [6, 6.07) is 8.47. The molecule has 1 aromatic heterocycles. The van der Waals surface area contributed by atoms with Crippen molar-refractivity contribution in [3.63, 3.8) is 0 Å². The minimum atomic E-state index is 0.680. The Labute approximate surface area is 116 Å². The first-order chi connectivity index (χ1) is 8.58. The number of nitrogens with two attached hydrogens (primary N) is 1. The standard InChI is InChI=1S/C14H16BrN3/c1-10-4-3-5-11(6-10)9-18(2)14-12(15)7-17-8-13(14)16/h3-8H,9,16H2,1-2H3. The van der Waals surface area contributed by atoms with Crippen molar-refractivity contribution in [2.45, 2.75) is 13.5 Å². The van der Waals surface area contributed by atoms with Crippen LogP contribution in [0.5, 0.6) is 0 Å². The van der Waals surface area contributed by atoms with Gasteiger partial charge in [0.15, 0.2) is 0 Å². The molecule has 0 radical (unpaired) electrons. The minimum Gasteiger partial charge on any atom is -0.396 e. The second kappa shape index (κ2) is 5.40. The maximum absolute atomic E-state index is 5.97. The van der Waals surface area contributed by atoms with Gasteiger partial charge in [0.1, 0.15) is 0 Å². The number of benzene rings is 1. The summed E-state index contributed by atoms with van der Waals surface area (Å²) in [7, 11) is 2.03. The van der Waals surface area contributed by atoms with Gasteiger partial charge in [0.05, 0.1) is 22.0 Å². The molecule has 2 rings (SSSR count). The first kappa shape index (κ1) is 12.9. The van der Waals surface area contributed by atoms with E-state index in [9.17, 15) is 0 Å². The molecule has 1 aromatic carbocycles. The lowest BCUT2D eigenvalue weighted by molar-refractivity contribution is 0.917. The lowest BCUT2D eigenvalue weighted by Crippen LogP contribution is -2.18. The Morgan fingerprint density at radius 1 is 1.33 bits per heavy atom. The summed E-state index contributed by atoms with van der Waals surface area (Å²) in [5.74, 6) is 0. The van der Waals surface area contributed by atoms with E-state index in [1.165, 1.54) is 11.1 Å². The highest BCUT2D eigenvalue weighted by molar-refractivity contribution is 9.10. The van der Waals surface area contributed by atoms with Crippen molar-refractivity contribution in [2.75, 3.05) is 17.7 Å². The first-order valence-corrected chi connectivity index (χ1v) is 6.53. The van der Waals surface area contributed by atoms with E-state index in [2.05, 4.69) is 57.0 Å². The van der Waals surface area contributed by atoms with Gasteiger partial charge in [-0.15, -0.1) is 0 Å². The zero-order valence-electron chi connectivity index (χ0n) is 10.5. The molecule has 0 aliphatic carbocycles. The summed E-state index contributed by atoms with van der Waals surface area (Å²) in [6.07, 6.45) is 3.44. The zero-order valence-corrected chi connectivity index (χ0v) is 12.1. The number of nitrogens with zero attached hydrogens (tertiary/aromatic N) is 2. The highest BCUT2D eigenvalue weighted by atomic mass is 79.9. The van der Waals surface area contributed by atoms with Gasteiger partial charge in [0, 0.05) is 19.8 Å². The minimum absolute atomic E-state index is 0.680. The lowest BCUT2D eigenvalue weighted by atomic mass is 10.1. The Kier molecular flexibility index (Phi) is 3.87. The molecule has 0 atom stereocenters. The molecule has 0 spiro atoms. The van der Waals surface area contributed by atoms with Gasteiger partial charge in [0.25, 0.3) is 0 Å². The second-order valence-corrected chi connectivity index (χ2v) is 5.26. The van der Waals surface area contributed by atoms with E-state index < -0.39 is 0 Å². The number of anilines is 2. The fourth-order valence-corrected chi connectivity index (χ4v) is 2.66. The second-order valence-electron chi connectivity index (χ2n) is 4.40. The van der Waals surface area contributed by atoms with Gasteiger partial charge in [-0.3, -0.25) is 4.98 Å². The average molecular weight is 306 g/mol. The van der Waals surface area contributed by atoms with Gasteiger partial charge >= 0.3 is 0 Å². The van der Waals surface area contributed by atoms with E-state index in [1.54, 1.807) is 12.4 Å². The molecular formula is C14H16BrN3. The van der Waals surface area contributed by atoms with E-state index >= 15 is 0 Å². The smallest absolute Gasteiger partial charge is 0.0776 e. The van der Waals surface area contributed by atoms with Crippen LogP contribution in [0.25, 0.3) is 0 Å². The van der Waals surface area contributed by atoms with Crippen molar-refractivity contribution in [2.24, 2.45) is 0 Å². The van der Waals surface area contributed by atoms with Crippen molar-refractivity contribution in [3.8, 4) is 0 Å². The highest BCUT2D eigenvalue weighted by Crippen LogP contribution is 2.31. The molecule has 0 saturated heterocycles. The summed E-state index contributed by atoms with van der Waals surface area (Å²) in [5.41, 5.74) is 10.2. The molecular weight excluding hydrogens is 290 g/mol. The van der Waals surface area contributed by atoms with Crippen LogP contribution in [-0.4, -0.2) is 12.0 Å². The quantitative estimate of drug-likeness (QED) is 0.945. The van der Waals surface area contributed by atoms with Crippen molar-refractivity contribution >= 4 is 27.3 Å². The maximum Gasteiger partial charge on any atom is 0.0776 e. The number of hydrogen-bond acceptors (Lipinski definition) is 3. The Morgan fingerprint density at radius 3 is 2.78 bits per heavy atom. The van der Waals surface area contributed by atoms with Gasteiger partial charge in [-0.2, -0.15) is 0 Å². The van der Waals surface area contributed by atoms with Gasteiger partial charge in [-0.25, -0.2) is 0 Å². The third-order valence-corrected chi connectivity index (χ3v) is 3.37. The molecule has 2 N–H and O–H groups in total. The molecule has 0 saturated carbocycles. The Balaban J connectivity index is 2.25. The summed E-state index contributed by atoms with van der Waals surface area (Å²) in [5, 5.41) is 0. The Hall–Kier alpha value is -1.55. The fraction of sp³-hybridized carbons (Fsp3) is 0.214. The van der Waals surface area contributed by atoms with E-state index in [1.807, 2.05) is 7.05 Å². The van der Waals surface area contributed by atoms with Gasteiger partial charge < -0.3 is 10.6 Å². The van der Waals surface area contributed by atoms with Crippen LogP contribution in [0.3, 0.4) is 0 Å². The van der Waals surface area contributed by atoms with Crippen LogP contribution in [0.15, 0.2) is 41.1 Å². The number of pyridine rings is 1. The average Bonchev–Trinajstić information content (AvgIpc) is 2.28.